The summed E-state index contributed by atoms with van der Waals surface area (Å²) in [6.07, 6.45) is 1.02. The van der Waals surface area contributed by atoms with Crippen LogP contribution in [0.15, 0.2) is 34.3 Å². The summed E-state index contributed by atoms with van der Waals surface area (Å²) in [5.41, 5.74) is 0. The van der Waals surface area contributed by atoms with Crippen molar-refractivity contribution in [2.75, 3.05) is 0 Å². The molecule has 0 unspecified atom stereocenters. The van der Waals surface area contributed by atoms with Gasteiger partial charge in [0, 0.05) is 4.90 Å². The lowest BCUT2D eigenvalue weighted by Gasteiger charge is -2.03. The largest absolute Gasteiger partial charge is 0.223 e. The average molecular weight is 310 g/mol. The zero-order valence-electron chi connectivity index (χ0n) is 8.12. The van der Waals surface area contributed by atoms with E-state index < -0.39 is 5.82 Å². The van der Waals surface area contributed by atoms with Crippen molar-refractivity contribution >= 4 is 46.6 Å². The Labute approximate surface area is 116 Å². The van der Waals surface area contributed by atoms with Gasteiger partial charge in [0.25, 0.3) is 0 Å². The van der Waals surface area contributed by atoms with E-state index in [2.05, 4.69) is 9.97 Å². The van der Waals surface area contributed by atoms with Gasteiger partial charge in [-0.15, -0.1) is 0 Å². The lowest BCUT2D eigenvalue weighted by Crippen LogP contribution is -1.90. The molecule has 88 valence electrons. The van der Waals surface area contributed by atoms with Crippen LogP contribution in [0.25, 0.3) is 0 Å². The predicted octanol–water partition coefficient (Wildman–Crippen LogP) is 4.73. The second-order valence-corrected chi connectivity index (χ2v) is 5.18. The molecule has 0 radical (unpaired) electrons. The van der Waals surface area contributed by atoms with Crippen LogP contribution in [0, 0.1) is 5.82 Å². The fourth-order valence-corrected chi connectivity index (χ4v) is 2.42. The van der Waals surface area contributed by atoms with Gasteiger partial charge in [0.2, 0.25) is 5.28 Å². The number of aromatic nitrogens is 2. The van der Waals surface area contributed by atoms with Gasteiger partial charge in [-0.3, -0.25) is 0 Å². The Morgan fingerprint density at radius 1 is 1.12 bits per heavy atom. The Morgan fingerprint density at radius 3 is 2.59 bits per heavy atom. The molecule has 2 nitrogen and oxygen atoms in total. The zero-order chi connectivity index (χ0) is 12.4. The van der Waals surface area contributed by atoms with Crippen LogP contribution in [0.2, 0.25) is 15.3 Å². The lowest BCUT2D eigenvalue weighted by atomic mass is 10.4. The van der Waals surface area contributed by atoms with Gasteiger partial charge >= 0.3 is 0 Å². The van der Waals surface area contributed by atoms with Crippen molar-refractivity contribution in [2.45, 2.75) is 9.92 Å². The monoisotopic (exact) mass is 308 g/mol. The van der Waals surface area contributed by atoms with Crippen molar-refractivity contribution < 1.29 is 4.39 Å². The normalized spacial score (nSPS) is 10.6. The first-order chi connectivity index (χ1) is 8.06. The van der Waals surface area contributed by atoms with Crippen molar-refractivity contribution in [1.82, 2.24) is 9.97 Å². The predicted molar refractivity (Wildman–Crippen MR) is 67.6 cm³/mol. The van der Waals surface area contributed by atoms with Crippen LogP contribution >= 0.6 is 46.6 Å². The number of rotatable bonds is 2. The summed E-state index contributed by atoms with van der Waals surface area (Å²) in [6.45, 7) is 0. The topological polar surface area (TPSA) is 25.8 Å². The second kappa shape index (κ2) is 5.40. The Hall–Kier alpha value is -0.550. The Kier molecular flexibility index (Phi) is 4.09. The van der Waals surface area contributed by atoms with E-state index in [0.717, 1.165) is 18.0 Å². The third kappa shape index (κ3) is 3.22. The van der Waals surface area contributed by atoms with Crippen LogP contribution in [0.4, 0.5) is 4.39 Å². The van der Waals surface area contributed by atoms with Gasteiger partial charge in [0.15, 0.2) is 5.82 Å². The first-order valence-electron chi connectivity index (χ1n) is 4.37. The molecule has 0 spiro atoms. The lowest BCUT2D eigenvalue weighted by molar-refractivity contribution is 0.579. The molecule has 0 bridgehead atoms. The molecule has 17 heavy (non-hydrogen) atoms. The van der Waals surface area contributed by atoms with Gasteiger partial charge < -0.3 is 0 Å². The molecule has 7 heteroatoms. The number of hydrogen-bond donors (Lipinski definition) is 0. The maximum Gasteiger partial charge on any atom is 0.223 e. The quantitative estimate of drug-likeness (QED) is 0.592. The molecule has 2 aromatic rings. The van der Waals surface area contributed by atoms with Crippen molar-refractivity contribution in [3.8, 4) is 0 Å². The molecule has 0 aliphatic carbocycles. The minimum absolute atomic E-state index is 0.00559. The van der Waals surface area contributed by atoms with Crippen molar-refractivity contribution in [3.05, 3.63) is 45.5 Å². The zero-order valence-corrected chi connectivity index (χ0v) is 11.2. The fourth-order valence-electron chi connectivity index (χ4n) is 1.05. The summed E-state index contributed by atoms with van der Waals surface area (Å²) >= 11 is 18.3. The van der Waals surface area contributed by atoms with Crippen LogP contribution in [0.5, 0.6) is 0 Å². The number of nitrogens with zero attached hydrogens (tertiary/aromatic N) is 2. The van der Waals surface area contributed by atoms with Crippen LogP contribution < -0.4 is 0 Å². The SMILES string of the molecule is Fc1cnc(Cl)nc1Sc1ccc(Cl)c(Cl)c1. The van der Waals surface area contributed by atoms with Gasteiger partial charge in [0.1, 0.15) is 5.03 Å². The molecule has 0 saturated carbocycles. The molecule has 2 rings (SSSR count). The van der Waals surface area contributed by atoms with Crippen LogP contribution in [-0.4, -0.2) is 9.97 Å². The standard InChI is InChI=1S/C10H4Cl3FN2S/c11-6-2-1-5(3-7(6)12)17-9-8(14)4-15-10(13)16-9/h1-4H. The maximum atomic E-state index is 13.4. The summed E-state index contributed by atoms with van der Waals surface area (Å²) < 4.78 is 13.4. The third-order valence-electron chi connectivity index (χ3n) is 1.79. The summed E-state index contributed by atoms with van der Waals surface area (Å²) in [4.78, 5) is 8.03. The third-order valence-corrected chi connectivity index (χ3v) is 3.68. The van der Waals surface area contributed by atoms with Crippen molar-refractivity contribution in [3.63, 3.8) is 0 Å². The first-order valence-corrected chi connectivity index (χ1v) is 6.32. The van der Waals surface area contributed by atoms with E-state index in [4.69, 9.17) is 34.8 Å². The highest BCUT2D eigenvalue weighted by molar-refractivity contribution is 7.99. The van der Waals surface area contributed by atoms with Crippen molar-refractivity contribution in [1.29, 1.82) is 0 Å². The molecular formula is C10H4Cl3FN2S. The fraction of sp³-hybridized carbons (Fsp3) is 0. The first kappa shape index (κ1) is 12.9. The Bertz CT molecular complexity index is 565. The second-order valence-electron chi connectivity index (χ2n) is 2.97. The summed E-state index contributed by atoms with van der Waals surface area (Å²) in [7, 11) is 0. The van der Waals surface area contributed by atoms with Crippen LogP contribution in [-0.2, 0) is 0 Å². The summed E-state index contributed by atoms with van der Waals surface area (Å²) in [5, 5.41) is 0.979. The highest BCUT2D eigenvalue weighted by Gasteiger charge is 2.09. The van der Waals surface area contributed by atoms with E-state index in [-0.39, 0.29) is 10.3 Å². The molecule has 0 fully saturated rings. The number of halogens is 4. The number of hydrogen-bond acceptors (Lipinski definition) is 3. The average Bonchev–Trinajstić information content (AvgIpc) is 2.29. The molecule has 0 N–H and O–H groups in total. The van der Waals surface area contributed by atoms with Gasteiger partial charge in [-0.2, -0.15) is 0 Å². The van der Waals surface area contributed by atoms with Crippen LogP contribution in [0.3, 0.4) is 0 Å². The van der Waals surface area contributed by atoms with E-state index in [1.165, 1.54) is 0 Å². The molecule has 0 aliphatic rings. The molecule has 1 aromatic heterocycles. The van der Waals surface area contributed by atoms with E-state index in [1.54, 1.807) is 18.2 Å². The highest BCUT2D eigenvalue weighted by Crippen LogP contribution is 2.32. The molecule has 0 saturated heterocycles. The summed E-state index contributed by atoms with van der Waals surface area (Å²) in [6, 6.07) is 4.98. The van der Waals surface area contributed by atoms with Crippen LogP contribution in [0.1, 0.15) is 0 Å². The number of benzene rings is 1. The minimum atomic E-state index is -0.537. The maximum absolute atomic E-state index is 13.4. The molecule has 1 aromatic carbocycles. The molecule has 0 atom stereocenters. The Morgan fingerprint density at radius 2 is 1.88 bits per heavy atom. The minimum Gasteiger partial charge on any atom is -0.223 e. The molecule has 1 heterocycles. The van der Waals surface area contributed by atoms with E-state index in [9.17, 15) is 4.39 Å². The highest BCUT2D eigenvalue weighted by atomic mass is 35.5. The van der Waals surface area contributed by atoms with Gasteiger partial charge in [0.05, 0.1) is 16.2 Å². The van der Waals surface area contributed by atoms with E-state index >= 15 is 0 Å². The Balaban J connectivity index is 2.31. The molecule has 0 aliphatic heterocycles. The van der Waals surface area contributed by atoms with Gasteiger partial charge in [-0.25, -0.2) is 14.4 Å². The molecular weight excluding hydrogens is 306 g/mol. The van der Waals surface area contributed by atoms with Gasteiger partial charge in [-0.05, 0) is 29.8 Å². The smallest absolute Gasteiger partial charge is 0.223 e. The van der Waals surface area contributed by atoms with Crippen molar-refractivity contribution in [2.24, 2.45) is 0 Å². The summed E-state index contributed by atoms with van der Waals surface area (Å²) in [5.74, 6) is -0.537. The van der Waals surface area contributed by atoms with E-state index in [0.29, 0.717) is 14.9 Å². The molecule has 0 amide bonds. The van der Waals surface area contributed by atoms with E-state index in [1.807, 2.05) is 0 Å². The van der Waals surface area contributed by atoms with Gasteiger partial charge in [-0.1, -0.05) is 35.0 Å².